The predicted molar refractivity (Wildman–Crippen MR) is 11.6 cm³/mol. The molecule has 0 heterocycles. The van der Waals surface area contributed by atoms with Gasteiger partial charge in [0, 0.05) is 0 Å². The minimum atomic E-state index is -5.28. The van der Waals surface area contributed by atoms with Crippen molar-refractivity contribution in [1.82, 2.24) is 0 Å². The van der Waals surface area contributed by atoms with E-state index >= 15 is 0 Å². The van der Waals surface area contributed by atoms with Gasteiger partial charge in [-0.15, -0.1) is 0 Å². The highest BCUT2D eigenvalue weighted by molar-refractivity contribution is 4.38. The molecule has 0 amide bonds. The van der Waals surface area contributed by atoms with E-state index in [4.69, 9.17) is 2.74 Å². The molecule has 0 aliphatic heterocycles. The molecule has 0 rings (SSSR count). The molecule has 37 valence electrons. The van der Waals surface area contributed by atoms with Crippen LogP contribution in [0.4, 0.5) is 13.2 Å². The molecule has 0 aliphatic rings. The van der Waals surface area contributed by atoms with Gasteiger partial charge in [-0.3, -0.25) is 0 Å². The van der Waals surface area contributed by atoms with Crippen molar-refractivity contribution in [3.8, 4) is 0 Å². The van der Waals surface area contributed by atoms with E-state index in [-0.39, 0.29) is 0 Å². The van der Waals surface area contributed by atoms with Crippen LogP contribution in [0.1, 0.15) is 2.74 Å². The van der Waals surface area contributed by atoms with E-state index in [2.05, 4.69) is 0 Å². The Morgan fingerprint density at radius 2 is 1.83 bits per heavy atom. The van der Waals surface area contributed by atoms with E-state index < -0.39 is 12.7 Å². The van der Waals surface area contributed by atoms with E-state index in [0.717, 1.165) is 0 Å². The molecular weight excluding hydrogens is 97.0 g/mol. The lowest BCUT2D eigenvalue weighted by atomic mass is 10.7. The molecule has 1 radical (unpaired) electrons. The van der Waals surface area contributed by atoms with Crippen LogP contribution >= 0.6 is 0 Å². The van der Waals surface area contributed by atoms with Gasteiger partial charge in [0.1, 0.15) is 0 Å². The van der Waals surface area contributed by atoms with Crippen LogP contribution in [-0.2, 0) is 5.11 Å². The number of hydrogen-bond acceptors (Lipinski definition) is 0. The Labute approximate surface area is 35.2 Å². The lowest BCUT2D eigenvalue weighted by Gasteiger charge is -1.93. The molecule has 0 aromatic carbocycles. The summed E-state index contributed by atoms with van der Waals surface area (Å²) in [4.78, 5) is 0. The van der Waals surface area contributed by atoms with Gasteiger partial charge in [-0.1, -0.05) is 0 Å². The Morgan fingerprint density at radius 1 is 1.67 bits per heavy atom. The first-order chi connectivity index (χ1) is 3.25. The summed E-state index contributed by atoms with van der Waals surface area (Å²) < 4.78 is 43.8. The summed E-state index contributed by atoms with van der Waals surface area (Å²) in [6, 6.07) is 0. The fraction of sp³-hybridized carbons (Fsp3) is 1.00. The van der Waals surface area contributed by atoms with E-state index in [1.54, 1.807) is 0 Å². The molecule has 0 aromatic rings. The zero-order chi connectivity index (χ0) is 7.00. The van der Waals surface area contributed by atoms with Gasteiger partial charge in [-0.2, -0.15) is 13.2 Å². The normalized spacial score (nSPS) is 19.3. The first kappa shape index (κ1) is 2.85. The van der Waals surface area contributed by atoms with E-state index in [9.17, 15) is 18.3 Å². The Morgan fingerprint density at radius 3 is 1.83 bits per heavy atom. The number of rotatable bonds is 0. The smallest absolute Gasteiger partial charge is 0.227 e. The molecule has 0 bridgehead atoms. The molecule has 0 fully saturated rings. The first-order valence-electron chi connectivity index (χ1n) is 2.02. The van der Waals surface area contributed by atoms with Crippen molar-refractivity contribution in [2.24, 2.45) is 0 Å². The maximum absolute atomic E-state index is 10.9. The quantitative estimate of drug-likeness (QED) is 0.433. The molecule has 0 unspecified atom stereocenters. The third-order valence-electron chi connectivity index (χ3n) is 0.116. The molecule has 4 heteroatoms. The second-order valence-corrected chi connectivity index (χ2v) is 0.600. The minimum Gasteiger partial charge on any atom is -0.227 e. The Kier molecular flexibility index (Phi) is 0.696. The Bertz CT molecular complexity index is 70.3. The predicted octanol–water partition coefficient (Wildman–Crippen LogP) is 0.979. The van der Waals surface area contributed by atoms with Gasteiger partial charge in [0.2, 0.25) is 0 Å². The fourth-order valence-electron chi connectivity index (χ4n) is 0. The maximum Gasteiger partial charge on any atom is 0.414 e. The molecular formula is C2H2F3O. The van der Waals surface area contributed by atoms with Crippen LogP contribution in [0.25, 0.3) is 0 Å². The number of alkyl halides is 3. The Balaban J connectivity index is 4.02. The van der Waals surface area contributed by atoms with E-state index in [1.807, 2.05) is 0 Å². The largest absolute Gasteiger partial charge is 0.414 e. The lowest BCUT2D eigenvalue weighted by molar-refractivity contribution is -0.173. The van der Waals surface area contributed by atoms with Crippen LogP contribution in [0, 0.1) is 0 Å². The third kappa shape index (κ3) is 3.75. The lowest BCUT2D eigenvalue weighted by Crippen LogP contribution is -2.11. The van der Waals surface area contributed by atoms with Crippen LogP contribution in [0.3, 0.4) is 0 Å². The highest BCUT2D eigenvalue weighted by Crippen LogP contribution is 2.11. The summed E-state index contributed by atoms with van der Waals surface area (Å²) >= 11 is 0. The average Bonchev–Trinajstić information content (AvgIpc) is 1.25. The number of hydrogen-bond donors (Lipinski definition) is 0. The van der Waals surface area contributed by atoms with Gasteiger partial charge in [0.15, 0.2) is 6.56 Å². The molecule has 6 heavy (non-hydrogen) atoms. The summed E-state index contributed by atoms with van der Waals surface area (Å²) in [5.41, 5.74) is 0. The fourth-order valence-corrected chi connectivity index (χ4v) is 0. The van der Waals surface area contributed by atoms with Crippen LogP contribution in [0.5, 0.6) is 0 Å². The van der Waals surface area contributed by atoms with E-state index in [1.165, 1.54) is 0 Å². The zero-order valence-corrected chi connectivity index (χ0v) is 2.54. The van der Waals surface area contributed by atoms with Crippen LogP contribution < -0.4 is 0 Å². The van der Waals surface area contributed by atoms with Crippen molar-refractivity contribution >= 4 is 0 Å². The standard InChI is InChI=1S/C2H2F3O/c3-2(4,5)1-6/h1H2/i1D2. The topological polar surface area (TPSA) is 19.9 Å². The molecule has 1 nitrogen and oxygen atoms in total. The third-order valence-corrected chi connectivity index (χ3v) is 0.116. The average molecular weight is 101 g/mol. The summed E-state index contributed by atoms with van der Waals surface area (Å²) in [6.45, 7) is -4.31. The molecule has 0 atom stereocenters. The molecule has 0 saturated heterocycles. The van der Waals surface area contributed by atoms with Gasteiger partial charge in [-0.25, -0.2) is 5.11 Å². The molecule has 0 saturated carbocycles. The van der Waals surface area contributed by atoms with Crippen molar-refractivity contribution in [1.29, 1.82) is 0 Å². The molecule has 0 N–H and O–H groups in total. The summed E-state index contributed by atoms with van der Waals surface area (Å²) in [5.74, 6) is 0. The monoisotopic (exact) mass is 101 g/mol. The van der Waals surface area contributed by atoms with Crippen molar-refractivity contribution in [2.45, 2.75) is 6.18 Å². The molecule has 0 aliphatic carbocycles. The molecule has 0 aromatic heterocycles. The van der Waals surface area contributed by atoms with Crippen molar-refractivity contribution in [3.63, 3.8) is 0 Å². The van der Waals surface area contributed by atoms with Crippen LogP contribution in [0.15, 0.2) is 0 Å². The van der Waals surface area contributed by atoms with Crippen molar-refractivity contribution < 1.29 is 21.0 Å². The van der Waals surface area contributed by atoms with Gasteiger partial charge >= 0.3 is 6.18 Å². The maximum atomic E-state index is 10.9. The van der Waals surface area contributed by atoms with Gasteiger partial charge in [0.25, 0.3) is 0 Å². The Hall–Kier alpha value is -0.250. The van der Waals surface area contributed by atoms with Gasteiger partial charge < -0.3 is 0 Å². The summed E-state index contributed by atoms with van der Waals surface area (Å²) in [5, 5.41) is 9.33. The summed E-state index contributed by atoms with van der Waals surface area (Å²) in [7, 11) is 0. The molecule has 0 spiro atoms. The SMILES string of the molecule is [2H]C([2H])([O])C(F)(F)F. The summed E-state index contributed by atoms with van der Waals surface area (Å²) in [6.07, 6.45) is -5.28. The van der Waals surface area contributed by atoms with Gasteiger partial charge in [-0.05, 0) is 0 Å². The number of halogens is 3. The highest BCUT2D eigenvalue weighted by Gasteiger charge is 2.25. The van der Waals surface area contributed by atoms with Gasteiger partial charge in [0.05, 0.1) is 2.74 Å². The second kappa shape index (κ2) is 1.47. The van der Waals surface area contributed by atoms with Crippen LogP contribution in [0.2, 0.25) is 0 Å². The van der Waals surface area contributed by atoms with Crippen molar-refractivity contribution in [3.05, 3.63) is 0 Å². The van der Waals surface area contributed by atoms with Crippen LogP contribution in [-0.4, -0.2) is 12.7 Å². The minimum absolute atomic E-state index is 4.31. The van der Waals surface area contributed by atoms with E-state index in [0.29, 0.717) is 0 Å². The second-order valence-electron chi connectivity index (χ2n) is 0.600. The first-order valence-corrected chi connectivity index (χ1v) is 1.02. The highest BCUT2D eigenvalue weighted by atomic mass is 19.4. The zero-order valence-electron chi connectivity index (χ0n) is 4.54. The van der Waals surface area contributed by atoms with Crippen molar-refractivity contribution in [2.75, 3.05) is 6.56 Å².